The van der Waals surface area contributed by atoms with Gasteiger partial charge in [0, 0.05) is 54.9 Å². The number of aromatic nitrogens is 4. The summed E-state index contributed by atoms with van der Waals surface area (Å²) in [5.41, 5.74) is -0.176. The lowest BCUT2D eigenvalue weighted by Crippen LogP contribution is -2.48. The van der Waals surface area contributed by atoms with Gasteiger partial charge in [0.25, 0.3) is 5.56 Å². The highest BCUT2D eigenvalue weighted by atomic mass is 16.6. The van der Waals surface area contributed by atoms with Crippen molar-refractivity contribution >= 4 is 34.1 Å². The first-order chi connectivity index (χ1) is 20.5. The van der Waals surface area contributed by atoms with Crippen LogP contribution < -0.4 is 11.1 Å². The molecule has 4 aromatic heterocycles. The number of pyridine rings is 4. The van der Waals surface area contributed by atoms with Gasteiger partial charge in [-0.05, 0) is 89.8 Å². The van der Waals surface area contributed by atoms with Gasteiger partial charge < -0.3 is 19.4 Å². The third-order valence-corrected chi connectivity index (χ3v) is 7.36. The summed E-state index contributed by atoms with van der Waals surface area (Å²) in [5.74, 6) is -0.229. The predicted octanol–water partition coefficient (Wildman–Crippen LogP) is 4.68. The number of piperidine rings is 1. The number of likely N-dealkylation sites (tertiary alicyclic amines) is 1. The van der Waals surface area contributed by atoms with Crippen LogP contribution in [0.3, 0.4) is 0 Å². The first-order valence-corrected chi connectivity index (χ1v) is 14.6. The van der Waals surface area contributed by atoms with Crippen molar-refractivity contribution in [3.05, 3.63) is 81.6 Å². The summed E-state index contributed by atoms with van der Waals surface area (Å²) in [6.07, 6.45) is 5.18. The van der Waals surface area contributed by atoms with Gasteiger partial charge in [-0.25, -0.2) is 14.8 Å². The number of hydrogen-bond donors (Lipinski definition) is 1. The van der Waals surface area contributed by atoms with E-state index in [1.165, 1.54) is 6.07 Å². The standard InChI is InChI=1S/C24H33N3O5.C8H6N2O/c1-5-31-21(29)24(12-16-26(17-13-24)22(30)32-23(2,3)4)11-7-15-27-19(28)10-9-18-8-6-14-25-20(18)27;11-7-4-3-6-2-1-5-9-8(6)10-7/h6,8-10,14H,5,7,11-13,15-17H2,1-4H3;1-5H,(H,9,10,11). The number of fused-ring (bicyclic) bond motifs is 2. The lowest BCUT2D eigenvalue weighted by atomic mass is 9.74. The molecule has 4 aromatic rings. The number of nitrogens with zero attached hydrogens (tertiary/aromatic N) is 4. The SMILES string of the molecule is CCOC(=O)C1(CCCn2c(=O)ccc3cccnc32)CCN(C(=O)OC(C)(C)C)CC1.O=c1ccc2cccnc2[nH]1. The second-order valence-electron chi connectivity index (χ2n) is 11.6. The molecule has 0 radical (unpaired) electrons. The number of amides is 1. The summed E-state index contributed by atoms with van der Waals surface area (Å²) in [7, 11) is 0. The molecule has 0 spiro atoms. The fraction of sp³-hybridized carbons (Fsp3) is 0.438. The third-order valence-electron chi connectivity index (χ3n) is 7.36. The molecule has 43 heavy (non-hydrogen) atoms. The van der Waals surface area contributed by atoms with E-state index < -0.39 is 11.0 Å². The van der Waals surface area contributed by atoms with Gasteiger partial charge in [-0.15, -0.1) is 0 Å². The number of aryl methyl sites for hydroxylation is 1. The zero-order chi connectivity index (χ0) is 31.0. The Kier molecular flexibility index (Phi) is 9.95. The van der Waals surface area contributed by atoms with Crippen molar-refractivity contribution in [1.29, 1.82) is 0 Å². The van der Waals surface area contributed by atoms with Crippen molar-refractivity contribution in [2.24, 2.45) is 5.41 Å². The van der Waals surface area contributed by atoms with Crippen molar-refractivity contribution in [2.75, 3.05) is 19.7 Å². The molecule has 11 heteroatoms. The molecule has 0 aromatic carbocycles. The van der Waals surface area contributed by atoms with E-state index in [0.717, 1.165) is 10.8 Å². The molecular formula is C32H39N5O6. The number of carbonyl (C=O) groups excluding carboxylic acids is 2. The van der Waals surface area contributed by atoms with Crippen molar-refractivity contribution in [3.8, 4) is 0 Å². The van der Waals surface area contributed by atoms with Gasteiger partial charge in [0.05, 0.1) is 12.0 Å². The highest BCUT2D eigenvalue weighted by molar-refractivity contribution is 5.78. The Labute approximate surface area is 249 Å². The van der Waals surface area contributed by atoms with Gasteiger partial charge in [-0.3, -0.25) is 19.0 Å². The fourth-order valence-corrected chi connectivity index (χ4v) is 5.18. The Morgan fingerprint density at radius 3 is 2.33 bits per heavy atom. The quantitative estimate of drug-likeness (QED) is 0.320. The van der Waals surface area contributed by atoms with Gasteiger partial charge in [0.1, 0.15) is 16.9 Å². The van der Waals surface area contributed by atoms with Gasteiger partial charge >= 0.3 is 12.1 Å². The van der Waals surface area contributed by atoms with Crippen LogP contribution >= 0.6 is 0 Å². The molecule has 0 aliphatic carbocycles. The van der Waals surface area contributed by atoms with E-state index in [1.54, 1.807) is 47.0 Å². The van der Waals surface area contributed by atoms with Crippen LogP contribution in [0.15, 0.2) is 70.5 Å². The average molecular weight is 590 g/mol. The summed E-state index contributed by atoms with van der Waals surface area (Å²) in [4.78, 5) is 61.2. The minimum Gasteiger partial charge on any atom is -0.466 e. The lowest BCUT2D eigenvalue weighted by Gasteiger charge is -2.40. The molecule has 0 unspecified atom stereocenters. The molecule has 5 rings (SSSR count). The smallest absolute Gasteiger partial charge is 0.410 e. The maximum atomic E-state index is 12.9. The van der Waals surface area contributed by atoms with E-state index >= 15 is 0 Å². The topological polar surface area (TPSA) is 136 Å². The fourth-order valence-electron chi connectivity index (χ4n) is 5.18. The molecular weight excluding hydrogens is 550 g/mol. The zero-order valence-corrected chi connectivity index (χ0v) is 25.2. The molecule has 1 fully saturated rings. The lowest BCUT2D eigenvalue weighted by molar-refractivity contribution is -0.159. The summed E-state index contributed by atoms with van der Waals surface area (Å²) in [5, 5.41) is 1.85. The molecule has 5 heterocycles. The number of rotatable bonds is 6. The number of H-pyrrole nitrogens is 1. The Balaban J connectivity index is 0.000000319. The molecule has 1 aliphatic heterocycles. The first kappa shape index (κ1) is 31.4. The number of hydrogen-bond acceptors (Lipinski definition) is 8. The van der Waals surface area contributed by atoms with Crippen molar-refractivity contribution < 1.29 is 19.1 Å². The van der Waals surface area contributed by atoms with Gasteiger partial charge in [-0.1, -0.05) is 0 Å². The molecule has 1 amide bonds. The van der Waals surface area contributed by atoms with E-state index in [1.807, 2.05) is 45.0 Å². The highest BCUT2D eigenvalue weighted by Gasteiger charge is 2.43. The minimum atomic E-state index is -0.670. The monoisotopic (exact) mass is 589 g/mol. The Morgan fingerprint density at radius 1 is 0.953 bits per heavy atom. The summed E-state index contributed by atoms with van der Waals surface area (Å²) in [6, 6.07) is 14.1. The summed E-state index contributed by atoms with van der Waals surface area (Å²) >= 11 is 0. The Bertz CT molecular complexity index is 1680. The Hall–Kier alpha value is -4.54. The minimum absolute atomic E-state index is 0.110. The van der Waals surface area contributed by atoms with Crippen LogP contribution in [-0.4, -0.2) is 61.8 Å². The number of nitrogens with one attached hydrogen (secondary N) is 1. The molecule has 228 valence electrons. The third kappa shape index (κ3) is 8.06. The second-order valence-corrected chi connectivity index (χ2v) is 11.6. The maximum Gasteiger partial charge on any atom is 0.410 e. The van der Waals surface area contributed by atoms with Crippen LogP contribution in [0.25, 0.3) is 22.1 Å². The van der Waals surface area contributed by atoms with E-state index in [2.05, 4.69) is 15.0 Å². The van der Waals surface area contributed by atoms with Crippen LogP contribution in [0.1, 0.15) is 53.4 Å². The molecule has 1 saturated heterocycles. The largest absolute Gasteiger partial charge is 0.466 e. The van der Waals surface area contributed by atoms with Crippen LogP contribution in [0.2, 0.25) is 0 Å². The van der Waals surface area contributed by atoms with Gasteiger partial charge in [0.2, 0.25) is 5.56 Å². The summed E-state index contributed by atoms with van der Waals surface area (Å²) < 4.78 is 12.5. The predicted molar refractivity (Wildman–Crippen MR) is 164 cm³/mol. The van der Waals surface area contributed by atoms with Crippen molar-refractivity contribution in [3.63, 3.8) is 0 Å². The maximum absolute atomic E-state index is 12.9. The molecule has 1 N–H and O–H groups in total. The molecule has 0 saturated carbocycles. The highest BCUT2D eigenvalue weighted by Crippen LogP contribution is 2.38. The van der Waals surface area contributed by atoms with Crippen molar-refractivity contribution in [1.82, 2.24) is 24.4 Å². The van der Waals surface area contributed by atoms with Crippen molar-refractivity contribution in [2.45, 2.75) is 65.5 Å². The van der Waals surface area contributed by atoms with Crippen LogP contribution in [-0.2, 0) is 20.8 Å². The molecule has 1 aliphatic rings. The van der Waals surface area contributed by atoms with E-state index in [4.69, 9.17) is 9.47 Å². The molecule has 0 atom stereocenters. The number of carbonyl (C=O) groups is 2. The second kappa shape index (κ2) is 13.6. The number of aromatic amines is 1. The molecule has 0 bridgehead atoms. The number of esters is 1. The number of ether oxygens (including phenoxy) is 2. The Morgan fingerprint density at radius 2 is 1.63 bits per heavy atom. The zero-order valence-electron chi connectivity index (χ0n) is 25.2. The normalized spacial score (nSPS) is 14.6. The summed E-state index contributed by atoms with van der Waals surface area (Å²) in [6.45, 7) is 8.94. The van der Waals surface area contributed by atoms with E-state index in [-0.39, 0.29) is 23.2 Å². The first-order valence-electron chi connectivity index (χ1n) is 14.6. The van der Waals surface area contributed by atoms with Gasteiger partial charge in [0.15, 0.2) is 0 Å². The molecule has 11 nitrogen and oxygen atoms in total. The van der Waals surface area contributed by atoms with E-state index in [0.29, 0.717) is 63.2 Å². The van der Waals surface area contributed by atoms with Crippen LogP contribution in [0, 0.1) is 5.41 Å². The van der Waals surface area contributed by atoms with Gasteiger partial charge in [-0.2, -0.15) is 0 Å². The van der Waals surface area contributed by atoms with E-state index in [9.17, 15) is 19.2 Å². The van der Waals surface area contributed by atoms with Crippen LogP contribution in [0.4, 0.5) is 4.79 Å². The van der Waals surface area contributed by atoms with Crippen LogP contribution in [0.5, 0.6) is 0 Å². The average Bonchev–Trinajstić information content (AvgIpc) is 2.98.